The molecule has 176 valence electrons. The molecule has 0 amide bonds. The van der Waals surface area contributed by atoms with Crippen molar-refractivity contribution in [2.45, 2.75) is 110 Å². The van der Waals surface area contributed by atoms with Gasteiger partial charge in [0.05, 0.1) is 0 Å². The normalized spacial score (nSPS) is 13.1. The second-order valence-corrected chi connectivity index (χ2v) is 7.79. The molecule has 0 spiro atoms. The Balaban J connectivity index is 3.81. The quantitative estimate of drug-likeness (QED) is 0.122. The molecule has 1 atom stereocenters. The Kier molecular flexibility index (Phi) is 21.1. The zero-order valence-electron chi connectivity index (χ0n) is 19.8. The standard InChI is InChI=1S/C27H44O4/c1-3-5-7-8-9-10-11-12-13-14-15-16-17-18-19-24-27(30)31-25(21-6-4-2)22-20-23-26(28)29/h5,7,9-10,12-13,15-16,25H,3-4,6,8,11,14,17-24H2,1-2H3,(H,28,29)/b7-5-,10-9-,13-12-,16-15-. The molecule has 0 heterocycles. The van der Waals surface area contributed by atoms with Crippen LogP contribution in [0.25, 0.3) is 0 Å². The number of hydrogen-bond acceptors (Lipinski definition) is 3. The van der Waals surface area contributed by atoms with Gasteiger partial charge in [0.2, 0.25) is 0 Å². The van der Waals surface area contributed by atoms with E-state index in [0.717, 1.165) is 64.2 Å². The minimum Gasteiger partial charge on any atom is -0.481 e. The van der Waals surface area contributed by atoms with Gasteiger partial charge in [-0.2, -0.15) is 0 Å². The largest absolute Gasteiger partial charge is 0.481 e. The first-order chi connectivity index (χ1) is 15.1. The zero-order chi connectivity index (χ0) is 23.0. The van der Waals surface area contributed by atoms with E-state index in [1.165, 1.54) is 0 Å². The molecule has 0 radical (unpaired) electrons. The lowest BCUT2D eigenvalue weighted by molar-refractivity contribution is -0.150. The molecular formula is C27H44O4. The highest BCUT2D eigenvalue weighted by Crippen LogP contribution is 2.14. The average Bonchev–Trinajstić information content (AvgIpc) is 2.74. The molecular weight excluding hydrogens is 388 g/mol. The molecule has 0 bridgehead atoms. The second-order valence-electron chi connectivity index (χ2n) is 7.79. The first-order valence-electron chi connectivity index (χ1n) is 12.1. The summed E-state index contributed by atoms with van der Waals surface area (Å²) in [5.41, 5.74) is 0. The molecule has 4 heteroatoms. The number of esters is 1. The topological polar surface area (TPSA) is 63.6 Å². The first-order valence-corrected chi connectivity index (χ1v) is 12.1. The van der Waals surface area contributed by atoms with Crippen molar-refractivity contribution in [3.63, 3.8) is 0 Å². The van der Waals surface area contributed by atoms with Crippen LogP contribution in [0.5, 0.6) is 0 Å². The third-order valence-electron chi connectivity index (χ3n) is 4.82. The van der Waals surface area contributed by atoms with E-state index >= 15 is 0 Å². The van der Waals surface area contributed by atoms with Crippen LogP contribution in [-0.2, 0) is 14.3 Å². The number of aliphatic carboxylic acids is 1. The summed E-state index contributed by atoms with van der Waals surface area (Å²) >= 11 is 0. The number of ether oxygens (including phenoxy) is 1. The number of carboxylic acid groups (broad SMARTS) is 1. The number of unbranched alkanes of at least 4 members (excludes halogenated alkanes) is 3. The van der Waals surface area contributed by atoms with Gasteiger partial charge in [0.15, 0.2) is 0 Å². The Labute approximate surface area is 190 Å². The van der Waals surface area contributed by atoms with E-state index in [9.17, 15) is 9.59 Å². The molecule has 1 N–H and O–H groups in total. The Morgan fingerprint density at radius 2 is 1.32 bits per heavy atom. The van der Waals surface area contributed by atoms with Crippen molar-refractivity contribution in [1.29, 1.82) is 0 Å². The van der Waals surface area contributed by atoms with E-state index in [1.54, 1.807) is 0 Å². The average molecular weight is 433 g/mol. The molecule has 0 saturated carbocycles. The summed E-state index contributed by atoms with van der Waals surface area (Å²) in [6.45, 7) is 4.24. The van der Waals surface area contributed by atoms with Gasteiger partial charge in [0.1, 0.15) is 6.10 Å². The lowest BCUT2D eigenvalue weighted by Crippen LogP contribution is -2.18. The maximum atomic E-state index is 12.1. The van der Waals surface area contributed by atoms with Gasteiger partial charge in [0.25, 0.3) is 0 Å². The van der Waals surface area contributed by atoms with Gasteiger partial charge in [-0.3, -0.25) is 9.59 Å². The van der Waals surface area contributed by atoms with Crippen LogP contribution < -0.4 is 0 Å². The number of carbonyl (C=O) groups is 2. The van der Waals surface area contributed by atoms with Crippen LogP contribution in [0.1, 0.15) is 104 Å². The second kappa shape index (κ2) is 22.6. The van der Waals surface area contributed by atoms with Crippen LogP contribution in [-0.4, -0.2) is 23.1 Å². The van der Waals surface area contributed by atoms with Crippen LogP contribution in [0.2, 0.25) is 0 Å². The summed E-state index contributed by atoms with van der Waals surface area (Å²) in [5, 5.41) is 8.76. The summed E-state index contributed by atoms with van der Waals surface area (Å²) in [6, 6.07) is 0. The number of carboxylic acids is 1. The van der Waals surface area contributed by atoms with Crippen molar-refractivity contribution in [1.82, 2.24) is 0 Å². The summed E-state index contributed by atoms with van der Waals surface area (Å²) in [4.78, 5) is 22.7. The van der Waals surface area contributed by atoms with Gasteiger partial charge in [-0.1, -0.05) is 75.3 Å². The lowest BCUT2D eigenvalue weighted by atomic mass is 10.1. The Morgan fingerprint density at radius 3 is 1.90 bits per heavy atom. The van der Waals surface area contributed by atoms with Crippen molar-refractivity contribution in [3.8, 4) is 0 Å². The van der Waals surface area contributed by atoms with Crippen molar-refractivity contribution in [2.75, 3.05) is 0 Å². The number of allylic oxidation sites excluding steroid dienone is 8. The van der Waals surface area contributed by atoms with Crippen LogP contribution in [0.4, 0.5) is 0 Å². The molecule has 0 aliphatic carbocycles. The molecule has 4 nitrogen and oxygen atoms in total. The fourth-order valence-corrected chi connectivity index (χ4v) is 3.05. The molecule has 31 heavy (non-hydrogen) atoms. The fraction of sp³-hybridized carbons (Fsp3) is 0.630. The van der Waals surface area contributed by atoms with E-state index in [0.29, 0.717) is 19.3 Å². The highest BCUT2D eigenvalue weighted by Gasteiger charge is 2.14. The molecule has 0 saturated heterocycles. The van der Waals surface area contributed by atoms with E-state index < -0.39 is 5.97 Å². The Hall–Kier alpha value is -2.10. The Bertz CT molecular complexity index is 558. The van der Waals surface area contributed by atoms with Crippen LogP contribution in [0, 0.1) is 0 Å². The third-order valence-corrected chi connectivity index (χ3v) is 4.82. The van der Waals surface area contributed by atoms with Crippen LogP contribution in [0.3, 0.4) is 0 Å². The molecule has 0 aromatic carbocycles. The fourth-order valence-electron chi connectivity index (χ4n) is 3.05. The number of rotatable bonds is 20. The highest BCUT2D eigenvalue weighted by atomic mass is 16.5. The molecule has 0 aromatic rings. The monoisotopic (exact) mass is 432 g/mol. The minimum absolute atomic E-state index is 0.134. The molecule has 0 rings (SSSR count). The van der Waals surface area contributed by atoms with E-state index in [2.05, 4.69) is 62.5 Å². The molecule has 0 aliphatic heterocycles. The van der Waals surface area contributed by atoms with Crippen molar-refractivity contribution in [2.24, 2.45) is 0 Å². The molecule has 0 aromatic heterocycles. The van der Waals surface area contributed by atoms with E-state index in [1.807, 2.05) is 0 Å². The maximum Gasteiger partial charge on any atom is 0.306 e. The van der Waals surface area contributed by atoms with Gasteiger partial charge in [-0.25, -0.2) is 0 Å². The summed E-state index contributed by atoms with van der Waals surface area (Å²) < 4.78 is 5.59. The van der Waals surface area contributed by atoms with Gasteiger partial charge in [0, 0.05) is 12.8 Å². The number of carbonyl (C=O) groups excluding carboxylic acids is 1. The Morgan fingerprint density at radius 1 is 0.742 bits per heavy atom. The minimum atomic E-state index is -0.795. The van der Waals surface area contributed by atoms with E-state index in [4.69, 9.17) is 9.84 Å². The van der Waals surface area contributed by atoms with Crippen molar-refractivity contribution in [3.05, 3.63) is 48.6 Å². The number of hydrogen-bond donors (Lipinski definition) is 1. The first kappa shape index (κ1) is 28.9. The van der Waals surface area contributed by atoms with E-state index in [-0.39, 0.29) is 18.5 Å². The van der Waals surface area contributed by atoms with Gasteiger partial charge >= 0.3 is 11.9 Å². The predicted molar refractivity (Wildman–Crippen MR) is 130 cm³/mol. The maximum absolute atomic E-state index is 12.1. The summed E-state index contributed by atoms with van der Waals surface area (Å²) in [7, 11) is 0. The smallest absolute Gasteiger partial charge is 0.306 e. The van der Waals surface area contributed by atoms with Gasteiger partial charge in [-0.15, -0.1) is 0 Å². The van der Waals surface area contributed by atoms with Crippen molar-refractivity contribution >= 4 is 11.9 Å². The third kappa shape index (κ3) is 22.4. The van der Waals surface area contributed by atoms with Crippen molar-refractivity contribution < 1.29 is 19.4 Å². The SMILES string of the molecule is CC/C=C\C/C=C\C/C=C\C/C=C\CCCCC(=O)OC(CCCC)CCCC(=O)O. The highest BCUT2D eigenvalue weighted by molar-refractivity contribution is 5.69. The lowest BCUT2D eigenvalue weighted by Gasteiger charge is -2.17. The summed E-state index contributed by atoms with van der Waals surface area (Å²) in [5.74, 6) is -0.946. The van der Waals surface area contributed by atoms with Gasteiger partial charge < -0.3 is 9.84 Å². The summed E-state index contributed by atoms with van der Waals surface area (Å²) in [6.07, 6.45) is 28.8. The van der Waals surface area contributed by atoms with Gasteiger partial charge in [-0.05, 0) is 64.2 Å². The predicted octanol–water partition coefficient (Wildman–Crippen LogP) is 7.71. The molecule has 0 aliphatic rings. The molecule has 1 unspecified atom stereocenters. The van der Waals surface area contributed by atoms with Crippen LogP contribution in [0.15, 0.2) is 48.6 Å². The zero-order valence-corrected chi connectivity index (χ0v) is 19.8. The molecule has 0 fully saturated rings. The van der Waals surface area contributed by atoms with Crippen LogP contribution >= 0.6 is 0 Å².